The van der Waals surface area contributed by atoms with Gasteiger partial charge < -0.3 is 15.8 Å². The largest absolute Gasteiger partial charge is 0.480 e. The predicted molar refractivity (Wildman–Crippen MR) is 192 cm³/mol. The van der Waals surface area contributed by atoms with Crippen LogP contribution >= 0.6 is 22.6 Å². The zero-order valence-electron chi connectivity index (χ0n) is 25.5. The molecule has 0 saturated carbocycles. The highest BCUT2D eigenvalue weighted by Crippen LogP contribution is 2.26. The number of hydrogen-bond acceptors (Lipinski definition) is 7. The Kier molecular flexibility index (Phi) is 9.26. The van der Waals surface area contributed by atoms with Gasteiger partial charge in [-0.2, -0.15) is 0 Å². The molecule has 6 rings (SSSR count). The van der Waals surface area contributed by atoms with Gasteiger partial charge in [0.2, 0.25) is 0 Å². The molecule has 2 unspecified atom stereocenters. The Balaban J connectivity index is 1.37. The van der Waals surface area contributed by atoms with Crippen molar-refractivity contribution in [2.75, 3.05) is 5.73 Å². The van der Waals surface area contributed by atoms with E-state index in [1.807, 2.05) is 105 Å². The summed E-state index contributed by atoms with van der Waals surface area (Å²) in [6, 6.07) is 27.1. The number of carbonyl (C=O) groups excluding carboxylic acids is 1. The number of carbonyl (C=O) groups is 1. The standard InChI is InChI=1S/C37H29IN6O3/c1-23(42-36(45)34-35(39)41-22-31(43-34)26-13-15-30(16-14-26)47-24(2)38)32-21-28-8-6-7-27(12-11-25-17-19-40-20-18-25)33(28)37(46)44(32)29-9-4-3-5-10-29/h3-10,13-24H,1-2H3,(H2,39,41)(H,42,45). The number of nitrogen functional groups attached to an aromatic ring is 1. The number of aromatic nitrogens is 4. The van der Waals surface area contributed by atoms with Crippen LogP contribution in [0.2, 0.25) is 0 Å². The van der Waals surface area contributed by atoms with E-state index < -0.39 is 11.9 Å². The lowest BCUT2D eigenvalue weighted by atomic mass is 10.0. The van der Waals surface area contributed by atoms with Crippen molar-refractivity contribution in [2.45, 2.75) is 24.0 Å². The van der Waals surface area contributed by atoms with Gasteiger partial charge in [0.1, 0.15) is 9.86 Å². The Morgan fingerprint density at radius 3 is 2.43 bits per heavy atom. The van der Waals surface area contributed by atoms with Gasteiger partial charge in [0, 0.05) is 40.5 Å². The summed E-state index contributed by atoms with van der Waals surface area (Å²) in [4.78, 5) is 40.8. The van der Waals surface area contributed by atoms with Gasteiger partial charge in [-0.05, 0) is 102 Å². The molecule has 10 heteroatoms. The van der Waals surface area contributed by atoms with Crippen LogP contribution in [0.3, 0.4) is 0 Å². The van der Waals surface area contributed by atoms with Gasteiger partial charge >= 0.3 is 0 Å². The highest BCUT2D eigenvalue weighted by molar-refractivity contribution is 14.1. The smallest absolute Gasteiger partial charge is 0.274 e. The van der Waals surface area contributed by atoms with Crippen molar-refractivity contribution in [2.24, 2.45) is 0 Å². The third kappa shape index (κ3) is 7.00. The van der Waals surface area contributed by atoms with E-state index in [2.05, 4.69) is 54.7 Å². The number of amides is 1. The van der Waals surface area contributed by atoms with E-state index >= 15 is 0 Å². The van der Waals surface area contributed by atoms with E-state index in [0.717, 1.165) is 16.9 Å². The molecule has 0 saturated heterocycles. The fraction of sp³-hybridized carbons (Fsp3) is 0.108. The number of benzene rings is 3. The van der Waals surface area contributed by atoms with Gasteiger partial charge in [-0.3, -0.25) is 19.1 Å². The van der Waals surface area contributed by atoms with Gasteiger partial charge in [-0.1, -0.05) is 42.2 Å². The van der Waals surface area contributed by atoms with Crippen LogP contribution in [0.1, 0.15) is 47.2 Å². The normalized spacial score (nSPS) is 12.1. The molecule has 3 aromatic heterocycles. The minimum Gasteiger partial charge on any atom is -0.480 e. The zero-order valence-corrected chi connectivity index (χ0v) is 27.7. The Bertz CT molecular complexity index is 2190. The first-order valence-corrected chi connectivity index (χ1v) is 16.0. The molecule has 47 heavy (non-hydrogen) atoms. The number of fused-ring (bicyclic) bond motifs is 1. The van der Waals surface area contributed by atoms with Gasteiger partial charge in [0.15, 0.2) is 11.5 Å². The molecule has 9 nitrogen and oxygen atoms in total. The molecule has 0 fully saturated rings. The van der Waals surface area contributed by atoms with Gasteiger partial charge in [0.25, 0.3) is 11.5 Å². The first-order valence-electron chi connectivity index (χ1n) is 14.8. The molecule has 0 aliphatic heterocycles. The molecule has 2 atom stereocenters. The van der Waals surface area contributed by atoms with Crippen molar-refractivity contribution < 1.29 is 9.53 Å². The van der Waals surface area contributed by atoms with Crippen molar-refractivity contribution in [1.29, 1.82) is 0 Å². The highest BCUT2D eigenvalue weighted by Gasteiger charge is 2.22. The second-order valence-corrected chi connectivity index (χ2v) is 12.4. The number of nitrogens with two attached hydrogens (primary N) is 1. The van der Waals surface area contributed by atoms with Crippen LogP contribution in [0.15, 0.2) is 114 Å². The SMILES string of the molecule is CC(I)Oc1ccc(-c2cnc(N)c(C(=O)NC(C)c3cc4cccc(C#Cc5ccncc5)c4c(=O)n3-c3ccccc3)n2)cc1. The number of anilines is 1. The molecule has 3 aromatic carbocycles. The topological polar surface area (TPSA) is 125 Å². The third-order valence-electron chi connectivity index (χ3n) is 7.37. The molecule has 0 radical (unpaired) electrons. The number of para-hydroxylation sites is 1. The molecule has 0 aliphatic carbocycles. The second-order valence-electron chi connectivity index (χ2n) is 10.7. The monoisotopic (exact) mass is 732 g/mol. The number of nitrogens with one attached hydrogen (secondary N) is 1. The highest BCUT2D eigenvalue weighted by atomic mass is 127. The van der Waals surface area contributed by atoms with Gasteiger partial charge in [-0.15, -0.1) is 0 Å². The van der Waals surface area contributed by atoms with Gasteiger partial charge in [0.05, 0.1) is 23.3 Å². The molecule has 232 valence electrons. The number of halogens is 1. The summed E-state index contributed by atoms with van der Waals surface area (Å²) in [7, 11) is 0. The molecule has 6 aromatic rings. The lowest BCUT2D eigenvalue weighted by Crippen LogP contribution is -2.33. The second kappa shape index (κ2) is 13.8. The van der Waals surface area contributed by atoms with Crippen LogP contribution in [0.25, 0.3) is 27.7 Å². The van der Waals surface area contributed by atoms with E-state index in [-0.39, 0.29) is 21.2 Å². The number of pyridine rings is 2. The molecule has 0 aliphatic rings. The molecule has 0 spiro atoms. The number of ether oxygens (including phenoxy) is 1. The summed E-state index contributed by atoms with van der Waals surface area (Å²) < 4.78 is 7.34. The Hall–Kier alpha value is -5.54. The molecule has 0 bridgehead atoms. The van der Waals surface area contributed by atoms with Crippen LogP contribution in [0.4, 0.5) is 5.82 Å². The third-order valence-corrected chi connectivity index (χ3v) is 7.62. The van der Waals surface area contributed by atoms with Crippen LogP contribution in [0, 0.1) is 11.8 Å². The maximum atomic E-state index is 14.3. The molecular weight excluding hydrogens is 703 g/mol. The zero-order chi connectivity index (χ0) is 32.9. The summed E-state index contributed by atoms with van der Waals surface area (Å²) in [6.45, 7) is 3.76. The van der Waals surface area contributed by atoms with E-state index in [0.29, 0.717) is 33.4 Å². The van der Waals surface area contributed by atoms with Crippen LogP contribution in [0.5, 0.6) is 5.75 Å². The lowest BCUT2D eigenvalue weighted by Gasteiger charge is -2.21. The van der Waals surface area contributed by atoms with E-state index in [9.17, 15) is 9.59 Å². The van der Waals surface area contributed by atoms with E-state index in [1.165, 1.54) is 6.20 Å². The van der Waals surface area contributed by atoms with Crippen LogP contribution < -0.4 is 21.3 Å². The van der Waals surface area contributed by atoms with Crippen LogP contribution in [-0.4, -0.2) is 29.5 Å². The van der Waals surface area contributed by atoms with Crippen molar-refractivity contribution in [3.05, 3.63) is 142 Å². The maximum absolute atomic E-state index is 14.3. The summed E-state index contributed by atoms with van der Waals surface area (Å²) in [5, 5.41) is 4.17. The molecule has 3 heterocycles. The number of alkyl halides is 1. The van der Waals surface area contributed by atoms with Crippen molar-refractivity contribution in [3.63, 3.8) is 0 Å². The summed E-state index contributed by atoms with van der Waals surface area (Å²) in [5.41, 5.74) is 9.72. The maximum Gasteiger partial charge on any atom is 0.274 e. The quantitative estimate of drug-likeness (QED) is 0.110. The molecule has 1 amide bonds. The van der Waals surface area contributed by atoms with Crippen molar-refractivity contribution in [1.82, 2.24) is 24.8 Å². The number of hydrogen-bond donors (Lipinski definition) is 2. The summed E-state index contributed by atoms with van der Waals surface area (Å²) in [5.74, 6) is 6.48. The average molecular weight is 733 g/mol. The fourth-order valence-corrected chi connectivity index (χ4v) is 5.45. The Labute approximate surface area is 285 Å². The van der Waals surface area contributed by atoms with E-state index in [1.54, 1.807) is 17.0 Å². The lowest BCUT2D eigenvalue weighted by molar-refractivity contribution is 0.0934. The minimum absolute atomic E-state index is 0.00600. The number of rotatable bonds is 7. The minimum atomic E-state index is -0.622. The van der Waals surface area contributed by atoms with E-state index in [4.69, 9.17) is 10.5 Å². The number of nitrogens with zero attached hydrogens (tertiary/aromatic N) is 4. The first kappa shape index (κ1) is 31.4. The first-order chi connectivity index (χ1) is 22.8. The predicted octanol–water partition coefficient (Wildman–Crippen LogP) is 6.48. The van der Waals surface area contributed by atoms with Gasteiger partial charge in [-0.25, -0.2) is 9.97 Å². The fourth-order valence-electron chi connectivity index (χ4n) is 5.16. The molecular formula is C37H29IN6O3. The van der Waals surface area contributed by atoms with Crippen molar-refractivity contribution >= 4 is 45.1 Å². The van der Waals surface area contributed by atoms with Crippen molar-refractivity contribution in [3.8, 4) is 34.5 Å². The van der Waals surface area contributed by atoms with Crippen LogP contribution in [-0.2, 0) is 0 Å². The average Bonchev–Trinajstić information content (AvgIpc) is 3.08. The summed E-state index contributed by atoms with van der Waals surface area (Å²) >= 11 is 2.18. The molecule has 3 N–H and O–H groups in total. The summed E-state index contributed by atoms with van der Waals surface area (Å²) in [6.07, 6.45) is 4.87. The Morgan fingerprint density at radius 1 is 0.957 bits per heavy atom. The Morgan fingerprint density at radius 2 is 1.70 bits per heavy atom.